The van der Waals surface area contributed by atoms with Crippen LogP contribution in [-0.4, -0.2) is 184 Å². The quantitative estimate of drug-likeness (QED) is 0.0693. The number of pyridine rings is 4. The van der Waals surface area contributed by atoms with Gasteiger partial charge in [-0.15, -0.1) is 36.7 Å². The fourth-order valence-corrected chi connectivity index (χ4v) is 11.9. The summed E-state index contributed by atoms with van der Waals surface area (Å²) >= 11 is 4.37. The first-order valence-electron chi connectivity index (χ1n) is 27.8. The summed E-state index contributed by atoms with van der Waals surface area (Å²) in [5.41, 5.74) is 13.1. The van der Waals surface area contributed by atoms with Crippen LogP contribution in [0.15, 0.2) is 110 Å². The summed E-state index contributed by atoms with van der Waals surface area (Å²) in [5.74, 6) is 1.05. The molecule has 2 amide bonds. The Bertz CT molecular complexity index is 3990. The number of carbonyl (C=O) groups is 3. The first kappa shape index (κ1) is 82.1. The molecule has 4 radical (unpaired) electrons. The zero-order valence-corrected chi connectivity index (χ0v) is 66.1. The van der Waals surface area contributed by atoms with Crippen molar-refractivity contribution in [2.24, 2.45) is 0 Å². The van der Waals surface area contributed by atoms with Crippen LogP contribution in [0.1, 0.15) is 36.6 Å². The molecule has 0 aliphatic carbocycles. The summed E-state index contributed by atoms with van der Waals surface area (Å²) in [6, 6.07) is 24.1. The van der Waals surface area contributed by atoms with E-state index in [1.54, 1.807) is 57.9 Å². The van der Waals surface area contributed by atoms with Gasteiger partial charge in [-0.25, -0.2) is 19.9 Å². The number of hydrogen-bond donors (Lipinski definition) is 5. The molecule has 3 aliphatic rings. The van der Waals surface area contributed by atoms with E-state index in [4.69, 9.17) is 49.1 Å². The molecule has 3 aromatic carbocycles. The third kappa shape index (κ3) is 23.1. The minimum absolute atomic E-state index is 0. The fraction of sp³-hybridized carbons (Fsp3) is 0.274. The van der Waals surface area contributed by atoms with E-state index in [9.17, 15) is 19.2 Å². The van der Waals surface area contributed by atoms with E-state index in [0.29, 0.717) is 75.9 Å². The molecule has 0 atom stereocenters. The van der Waals surface area contributed by atoms with Crippen molar-refractivity contribution >= 4 is 121 Å². The summed E-state index contributed by atoms with van der Waals surface area (Å²) in [6.45, 7) is 9.42. The maximum Gasteiger partial charge on any atom is 0.278 e. The number of amides is 2. The number of thiazole rings is 3. The van der Waals surface area contributed by atoms with Crippen LogP contribution < -0.4 is 50.0 Å². The summed E-state index contributed by atoms with van der Waals surface area (Å²) in [5, 5.41) is 22.7. The molecule has 13 rings (SSSR count). The molecule has 3 fully saturated rings. The number of morpholine rings is 3. The number of nitrogens with two attached hydrogens (primary N) is 1. The molecule has 10 heterocycles. The van der Waals surface area contributed by atoms with Gasteiger partial charge in [0.25, 0.3) is 11.9 Å². The van der Waals surface area contributed by atoms with Crippen LogP contribution in [0.3, 0.4) is 0 Å². The predicted octanol–water partition coefficient (Wildman–Crippen LogP) is 7.63. The summed E-state index contributed by atoms with van der Waals surface area (Å²) in [6.07, 6.45) is 15.2. The SMILES string of the molecule is CO.COc1cc(C(=O)Nc2nc3c(OC)ccc(N4CCOCC4)c3s2)ccn1.COc1ccc(N2CCOCC2)c2sc(N)nc12.COc1ccc(N2CCOCC2)c2sc(NC(=O)c3c[c-]ncc3)nc12.O=C(O)c1c[c-]ncc1.O=[C-]c1c[c-]ncc1.[Y].[Y].[Y].[Y]. The second kappa shape index (κ2) is 43.1. The predicted molar refractivity (Wildman–Crippen MR) is 348 cm³/mol. The second-order valence-electron chi connectivity index (χ2n) is 18.7. The molecule has 0 saturated carbocycles. The Hall–Kier alpha value is -5.33. The van der Waals surface area contributed by atoms with E-state index in [1.807, 2.05) is 30.3 Å². The van der Waals surface area contributed by atoms with Crippen molar-refractivity contribution in [1.29, 1.82) is 0 Å². The normalized spacial score (nSPS) is 12.8. The summed E-state index contributed by atoms with van der Waals surface area (Å²) in [7, 11) is 7.40. The molecule has 3 saturated heterocycles. The number of nitrogens with zero attached hydrogens (tertiary/aromatic N) is 10. The number of rotatable bonds is 13. The van der Waals surface area contributed by atoms with Crippen LogP contribution in [0.25, 0.3) is 30.6 Å². The number of benzene rings is 3. The van der Waals surface area contributed by atoms with Crippen LogP contribution in [0.2, 0.25) is 0 Å². The number of methoxy groups -OCH3 is 4. The van der Waals surface area contributed by atoms with Gasteiger partial charge in [-0.1, -0.05) is 64.4 Å². The summed E-state index contributed by atoms with van der Waals surface area (Å²) in [4.78, 5) is 80.3. The van der Waals surface area contributed by atoms with Crippen molar-refractivity contribution in [2.45, 2.75) is 0 Å². The van der Waals surface area contributed by atoms with Crippen molar-refractivity contribution in [1.82, 2.24) is 34.9 Å². The van der Waals surface area contributed by atoms with Crippen LogP contribution in [0, 0.1) is 18.6 Å². The Morgan fingerprint density at radius 2 is 0.916 bits per heavy atom. The van der Waals surface area contributed by atoms with E-state index in [2.05, 4.69) is 84.9 Å². The van der Waals surface area contributed by atoms with Gasteiger partial charge in [0, 0.05) is 195 Å². The van der Waals surface area contributed by atoms with Gasteiger partial charge in [0.1, 0.15) is 33.8 Å². The van der Waals surface area contributed by atoms with E-state index in [0.717, 1.165) is 107 Å². The smallest absolute Gasteiger partial charge is 0.278 e. The molecule has 6 N–H and O–H groups in total. The Balaban J connectivity index is 0.000000265. The third-order valence-electron chi connectivity index (χ3n) is 13.3. The van der Waals surface area contributed by atoms with Crippen LogP contribution in [-0.2, 0) is 150 Å². The molecule has 10 aromatic rings. The number of carboxylic acid groups (broad SMARTS) is 1. The standard InChI is InChI=1S/C19H20N4O4S.C18H17N4O3S.C12H15N3O2S.C6H4NO2.C6H3NO.CH4O.4Y/c1-25-14-4-3-13(23-7-9-27-10-8-23)17-16(14)21-19(28-17)22-18(24)12-5-6-20-15(11-12)26-2;1-24-14-3-2-13(22-8-10-25-11-9-22)16-15(14)20-18(26-16)21-17(23)12-4-6-19-7-5-12;1-16-9-3-2-8(15-4-6-17-7-5-15)11-10(9)14-12(13)18-11;8-6(9)5-1-3-7-4-2-5;8-5-6-1-3-7-4-2-6;1-2;;;;/h3-6,11H,7-10H2,1-2H3,(H,21,22,24);2-6H,8-11H2,1H3,(H,20,21,23);2-3H,4-7H2,1H3,(H2,13,14);1-3H,(H,8,9);1-3H;2H,1H3;;;;/q;-1;;-1;-2;;;;;. The Morgan fingerprint density at radius 1 is 0.526 bits per heavy atom. The van der Waals surface area contributed by atoms with Gasteiger partial charge in [0.15, 0.2) is 15.4 Å². The number of nitrogens with one attached hydrogen (secondary N) is 2. The molecule has 95 heavy (non-hydrogen) atoms. The number of carboxylic acids is 1. The maximum absolute atomic E-state index is 12.6. The van der Waals surface area contributed by atoms with E-state index >= 15 is 0 Å². The number of anilines is 6. The molecular formula is C62H63N13O13S3Y4-4. The Morgan fingerprint density at radius 3 is 1.27 bits per heavy atom. The van der Waals surface area contributed by atoms with Crippen molar-refractivity contribution in [3.8, 4) is 23.1 Å². The molecule has 0 bridgehead atoms. The van der Waals surface area contributed by atoms with Crippen molar-refractivity contribution in [3.05, 3.63) is 151 Å². The van der Waals surface area contributed by atoms with Gasteiger partial charge in [0.05, 0.1) is 99.2 Å². The van der Waals surface area contributed by atoms with Gasteiger partial charge >= 0.3 is 0 Å². The number of aliphatic hydroxyl groups excluding tert-OH is 1. The van der Waals surface area contributed by atoms with Crippen LogP contribution in [0.4, 0.5) is 32.5 Å². The number of nitrogen functional groups attached to an aromatic ring is 1. The molecule has 33 heteroatoms. The largest absolute Gasteiger partial charge is 0.494 e. The number of aliphatic hydroxyl groups is 1. The second-order valence-corrected chi connectivity index (χ2v) is 21.7. The molecule has 488 valence electrons. The van der Waals surface area contributed by atoms with E-state index in [-0.39, 0.29) is 148 Å². The van der Waals surface area contributed by atoms with Gasteiger partial charge in [-0.2, -0.15) is 0 Å². The number of fused-ring (bicyclic) bond motifs is 3. The van der Waals surface area contributed by atoms with Gasteiger partial charge in [0.2, 0.25) is 11.8 Å². The van der Waals surface area contributed by atoms with Crippen LogP contribution >= 0.6 is 34.0 Å². The van der Waals surface area contributed by atoms with Crippen LogP contribution in [0.5, 0.6) is 23.1 Å². The molecule has 26 nitrogen and oxygen atoms in total. The third-order valence-corrected chi connectivity index (χ3v) is 16.2. The maximum atomic E-state index is 12.6. The van der Waals surface area contributed by atoms with Crippen molar-refractivity contribution < 1.29 is 193 Å². The number of aromatic carboxylic acids is 1. The molecule has 0 unspecified atom stereocenters. The van der Waals surface area contributed by atoms with E-state index < -0.39 is 5.97 Å². The first-order chi connectivity index (χ1) is 44.5. The first-order valence-corrected chi connectivity index (χ1v) is 30.2. The topological polar surface area (TPSA) is 323 Å². The minimum Gasteiger partial charge on any atom is -0.494 e. The Labute approximate surface area is 660 Å². The van der Waals surface area contributed by atoms with Gasteiger partial charge < -0.3 is 88.9 Å². The fourth-order valence-electron chi connectivity index (χ4n) is 8.97. The van der Waals surface area contributed by atoms with E-state index in [1.165, 1.54) is 89.8 Å². The summed E-state index contributed by atoms with van der Waals surface area (Å²) < 4.78 is 40.7. The Kier molecular flexibility index (Phi) is 37.3. The number of hydrogen-bond acceptors (Lipinski definition) is 26. The minimum atomic E-state index is -0.950. The van der Waals surface area contributed by atoms with Crippen molar-refractivity contribution in [3.63, 3.8) is 0 Å². The molecular weight excluding hydrogens is 1590 g/mol. The molecule has 0 spiro atoms. The zero-order valence-electron chi connectivity index (χ0n) is 52.3. The average molecular weight is 1650 g/mol. The molecule has 7 aromatic heterocycles. The molecule has 3 aliphatic heterocycles. The van der Waals surface area contributed by atoms with Crippen molar-refractivity contribution in [2.75, 3.05) is 146 Å². The average Bonchev–Trinajstić information content (AvgIpc) is 1.72. The van der Waals surface area contributed by atoms with Gasteiger partial charge in [-0.3, -0.25) is 37.4 Å². The number of carbonyl (C=O) groups excluding carboxylic acids is 3. The number of ether oxygens (including phenoxy) is 7. The number of aromatic nitrogens is 7. The monoisotopic (exact) mass is 1650 g/mol. The van der Waals surface area contributed by atoms with Gasteiger partial charge in [-0.05, 0) is 54.3 Å². The zero-order chi connectivity index (χ0) is 64.5.